The first-order valence-electron chi connectivity index (χ1n) is 9.29. The van der Waals surface area contributed by atoms with Crippen LogP contribution in [0.2, 0.25) is 0 Å². The number of aromatic nitrogens is 2. The van der Waals surface area contributed by atoms with E-state index in [4.69, 9.17) is 5.73 Å². The van der Waals surface area contributed by atoms with Crippen LogP contribution in [0.1, 0.15) is 33.1 Å². The number of benzene rings is 2. The molecule has 5 nitrogen and oxygen atoms in total. The van der Waals surface area contributed by atoms with E-state index in [-0.39, 0.29) is 30.3 Å². The van der Waals surface area contributed by atoms with Gasteiger partial charge in [0.05, 0.1) is 18.3 Å². The highest BCUT2D eigenvalue weighted by molar-refractivity contribution is 5.95. The molecule has 1 aromatic heterocycles. The van der Waals surface area contributed by atoms with Crippen LogP contribution in [0.15, 0.2) is 66.9 Å². The highest BCUT2D eigenvalue weighted by Crippen LogP contribution is 2.28. The number of nitrogens with two attached hydrogens (primary N) is 1. The normalized spacial score (nSPS) is 18.7. The van der Waals surface area contributed by atoms with E-state index in [0.29, 0.717) is 25.2 Å². The smallest absolute Gasteiger partial charge is 0.257 e. The summed E-state index contributed by atoms with van der Waals surface area (Å²) in [4.78, 5) is 14.9. The Morgan fingerprint density at radius 3 is 2.39 bits per heavy atom. The maximum atomic E-state index is 13.1. The van der Waals surface area contributed by atoms with Crippen molar-refractivity contribution in [2.75, 3.05) is 13.1 Å². The predicted molar refractivity (Wildman–Crippen MR) is 113 cm³/mol. The molecule has 28 heavy (non-hydrogen) atoms. The molecule has 1 aliphatic heterocycles. The monoisotopic (exact) mass is 396 g/mol. The van der Waals surface area contributed by atoms with Crippen molar-refractivity contribution in [2.45, 2.75) is 25.4 Å². The van der Waals surface area contributed by atoms with E-state index in [1.807, 2.05) is 52.9 Å². The van der Waals surface area contributed by atoms with Crippen molar-refractivity contribution < 1.29 is 4.79 Å². The molecule has 1 amide bonds. The average Bonchev–Trinajstić information content (AvgIpc) is 3.26. The van der Waals surface area contributed by atoms with Crippen molar-refractivity contribution in [2.24, 2.45) is 5.73 Å². The molecule has 0 saturated carbocycles. The molecular formula is C22H25ClN4O. The fourth-order valence-electron chi connectivity index (χ4n) is 3.79. The van der Waals surface area contributed by atoms with Gasteiger partial charge in [-0.3, -0.25) is 9.48 Å². The van der Waals surface area contributed by atoms with E-state index < -0.39 is 0 Å². The van der Waals surface area contributed by atoms with E-state index in [0.717, 1.165) is 11.3 Å². The van der Waals surface area contributed by atoms with Crippen molar-refractivity contribution in [3.63, 3.8) is 0 Å². The molecule has 0 unspecified atom stereocenters. The summed E-state index contributed by atoms with van der Waals surface area (Å²) in [5, 5.41) is 4.44. The van der Waals surface area contributed by atoms with Crippen molar-refractivity contribution in [3.05, 3.63) is 89.2 Å². The standard InChI is InChI=1S/C22H24N4O.ClH/c1-16-19(12-24-26(16)13-17-8-4-2-5-9-17)22(27)25-14-20(21(23)15-25)18-10-6-3-7-11-18;/h2-12,20-21H,13-15,23H2,1H3;1H/t20-,21+;/m0./s1. The molecule has 2 aromatic carbocycles. The van der Waals surface area contributed by atoms with Crippen molar-refractivity contribution in [1.82, 2.24) is 14.7 Å². The molecule has 2 atom stereocenters. The van der Waals surface area contributed by atoms with Gasteiger partial charge in [-0.2, -0.15) is 5.10 Å². The summed E-state index contributed by atoms with van der Waals surface area (Å²) in [6.07, 6.45) is 1.68. The fourth-order valence-corrected chi connectivity index (χ4v) is 3.79. The Bertz CT molecular complexity index is 926. The van der Waals surface area contributed by atoms with Gasteiger partial charge in [-0.15, -0.1) is 12.4 Å². The van der Waals surface area contributed by atoms with Gasteiger partial charge in [0.1, 0.15) is 0 Å². The molecule has 2 N–H and O–H groups in total. The van der Waals surface area contributed by atoms with E-state index in [9.17, 15) is 4.79 Å². The first-order chi connectivity index (χ1) is 13.1. The van der Waals surface area contributed by atoms with Gasteiger partial charge in [0.15, 0.2) is 0 Å². The lowest BCUT2D eigenvalue weighted by molar-refractivity contribution is 0.0788. The molecule has 146 valence electrons. The summed E-state index contributed by atoms with van der Waals surface area (Å²) in [5.41, 5.74) is 10.3. The highest BCUT2D eigenvalue weighted by atomic mass is 35.5. The number of rotatable bonds is 4. The molecule has 3 aromatic rings. The second kappa shape index (κ2) is 8.59. The average molecular weight is 397 g/mol. The molecule has 1 aliphatic rings. The molecule has 4 rings (SSSR count). The quantitative estimate of drug-likeness (QED) is 0.736. The fraction of sp³-hybridized carbons (Fsp3) is 0.273. The Labute approximate surface area is 171 Å². The molecule has 0 spiro atoms. The van der Waals surface area contributed by atoms with Crippen molar-refractivity contribution in [1.29, 1.82) is 0 Å². The molecule has 1 fully saturated rings. The van der Waals surface area contributed by atoms with Crippen LogP contribution in [-0.2, 0) is 6.54 Å². The summed E-state index contributed by atoms with van der Waals surface area (Å²) in [7, 11) is 0. The van der Waals surface area contributed by atoms with Crippen LogP contribution < -0.4 is 5.73 Å². The third-order valence-corrected chi connectivity index (χ3v) is 5.39. The molecule has 1 saturated heterocycles. The minimum Gasteiger partial charge on any atom is -0.336 e. The highest BCUT2D eigenvalue weighted by Gasteiger charge is 2.35. The van der Waals surface area contributed by atoms with Gasteiger partial charge in [0.2, 0.25) is 0 Å². The lowest BCUT2D eigenvalue weighted by Crippen LogP contribution is -2.32. The first-order valence-corrected chi connectivity index (χ1v) is 9.29. The number of hydrogen-bond donors (Lipinski definition) is 1. The molecular weight excluding hydrogens is 372 g/mol. The summed E-state index contributed by atoms with van der Waals surface area (Å²) < 4.78 is 1.88. The van der Waals surface area contributed by atoms with E-state index in [2.05, 4.69) is 29.4 Å². The minimum atomic E-state index is -0.0454. The zero-order chi connectivity index (χ0) is 18.8. The van der Waals surface area contributed by atoms with Gasteiger partial charge < -0.3 is 10.6 Å². The second-order valence-corrected chi connectivity index (χ2v) is 7.18. The van der Waals surface area contributed by atoms with Crippen LogP contribution >= 0.6 is 12.4 Å². The zero-order valence-corrected chi connectivity index (χ0v) is 16.7. The zero-order valence-electron chi connectivity index (χ0n) is 15.9. The summed E-state index contributed by atoms with van der Waals surface area (Å²) in [6, 6.07) is 20.3. The number of carbonyl (C=O) groups excluding carboxylic acids is 1. The van der Waals surface area contributed by atoms with Gasteiger partial charge >= 0.3 is 0 Å². The van der Waals surface area contributed by atoms with Crippen LogP contribution in [0.3, 0.4) is 0 Å². The van der Waals surface area contributed by atoms with Gasteiger partial charge in [-0.25, -0.2) is 0 Å². The maximum Gasteiger partial charge on any atom is 0.257 e. The van der Waals surface area contributed by atoms with Gasteiger partial charge in [0, 0.05) is 30.7 Å². The molecule has 0 bridgehead atoms. The van der Waals surface area contributed by atoms with E-state index in [1.165, 1.54) is 5.56 Å². The maximum absolute atomic E-state index is 13.1. The minimum absolute atomic E-state index is 0. The number of hydrogen-bond acceptors (Lipinski definition) is 3. The van der Waals surface area contributed by atoms with Crippen LogP contribution in [0.5, 0.6) is 0 Å². The summed E-state index contributed by atoms with van der Waals surface area (Å²) in [6.45, 7) is 3.83. The van der Waals surface area contributed by atoms with Crippen LogP contribution in [0.4, 0.5) is 0 Å². The largest absolute Gasteiger partial charge is 0.336 e. The Morgan fingerprint density at radius 2 is 1.71 bits per heavy atom. The number of likely N-dealkylation sites (tertiary alicyclic amines) is 1. The van der Waals surface area contributed by atoms with Crippen LogP contribution in [-0.4, -0.2) is 39.7 Å². The first kappa shape index (κ1) is 20.1. The molecule has 0 aliphatic carbocycles. The number of nitrogens with zero attached hydrogens (tertiary/aromatic N) is 3. The predicted octanol–water partition coefficient (Wildman–Crippen LogP) is 3.23. The van der Waals surface area contributed by atoms with Gasteiger partial charge in [-0.1, -0.05) is 60.7 Å². The van der Waals surface area contributed by atoms with Gasteiger partial charge in [0.25, 0.3) is 5.91 Å². The van der Waals surface area contributed by atoms with E-state index >= 15 is 0 Å². The Hall–Kier alpha value is -2.63. The van der Waals surface area contributed by atoms with Gasteiger partial charge in [-0.05, 0) is 18.1 Å². The third kappa shape index (κ3) is 3.96. The van der Waals surface area contributed by atoms with E-state index in [1.54, 1.807) is 6.20 Å². The molecule has 6 heteroatoms. The lowest BCUT2D eigenvalue weighted by atomic mass is 9.95. The van der Waals surface area contributed by atoms with Crippen LogP contribution in [0.25, 0.3) is 0 Å². The second-order valence-electron chi connectivity index (χ2n) is 7.18. The third-order valence-electron chi connectivity index (χ3n) is 5.39. The number of carbonyl (C=O) groups is 1. The Balaban J connectivity index is 0.00000225. The lowest BCUT2D eigenvalue weighted by Gasteiger charge is -2.16. The SMILES string of the molecule is Cc1c(C(=O)N2C[C@@H](N)[C@H](c3ccccc3)C2)cnn1Cc1ccccc1.Cl. The summed E-state index contributed by atoms with van der Waals surface area (Å²) >= 11 is 0. The Morgan fingerprint density at radius 1 is 1.07 bits per heavy atom. The van der Waals surface area contributed by atoms with Crippen molar-refractivity contribution >= 4 is 18.3 Å². The summed E-state index contributed by atoms with van der Waals surface area (Å²) in [5.74, 6) is 0.190. The molecule has 2 heterocycles. The Kier molecular flexibility index (Phi) is 6.17. The number of halogens is 1. The molecule has 0 radical (unpaired) electrons. The van der Waals surface area contributed by atoms with Crippen molar-refractivity contribution in [3.8, 4) is 0 Å². The van der Waals surface area contributed by atoms with Crippen LogP contribution in [0, 0.1) is 6.92 Å². The topological polar surface area (TPSA) is 64.2 Å². The number of amides is 1.